The molecule has 1 unspecified atom stereocenters. The van der Waals surface area contributed by atoms with Gasteiger partial charge >= 0.3 is 0 Å². The zero-order chi connectivity index (χ0) is 19.1. The molecule has 27 heavy (non-hydrogen) atoms. The van der Waals surface area contributed by atoms with E-state index in [-0.39, 0.29) is 6.04 Å². The summed E-state index contributed by atoms with van der Waals surface area (Å²) >= 11 is 0. The summed E-state index contributed by atoms with van der Waals surface area (Å²) in [5, 5.41) is 0. The van der Waals surface area contributed by atoms with E-state index in [1.165, 1.54) is 16.7 Å². The van der Waals surface area contributed by atoms with Crippen molar-refractivity contribution in [1.82, 2.24) is 0 Å². The summed E-state index contributed by atoms with van der Waals surface area (Å²) in [6.45, 7) is 6.24. The van der Waals surface area contributed by atoms with E-state index in [0.29, 0.717) is 0 Å². The molecule has 0 aliphatic rings. The largest absolute Gasteiger partial charge is 0.268 e. The molecule has 1 atom stereocenters. The van der Waals surface area contributed by atoms with E-state index < -0.39 is 0 Å². The molecule has 0 spiro atoms. The smallest absolute Gasteiger partial charge is 0.136 e. The van der Waals surface area contributed by atoms with Gasteiger partial charge in [-0.05, 0) is 36.1 Å². The lowest BCUT2D eigenvalue weighted by Crippen LogP contribution is -2.01. The molecule has 0 N–H and O–H groups in total. The summed E-state index contributed by atoms with van der Waals surface area (Å²) in [4.78, 5) is 4.94. The number of rotatable bonds is 4. The summed E-state index contributed by atoms with van der Waals surface area (Å²) in [6.07, 6.45) is 0.836. The van der Waals surface area contributed by atoms with E-state index in [9.17, 15) is 0 Å². The molecule has 1 nitrogen and oxygen atoms in total. The van der Waals surface area contributed by atoms with Crippen LogP contribution < -0.4 is 0 Å². The van der Waals surface area contributed by atoms with Crippen LogP contribution in [-0.4, -0.2) is 5.71 Å². The van der Waals surface area contributed by atoms with Gasteiger partial charge in [-0.3, -0.25) is 4.99 Å². The lowest BCUT2D eigenvalue weighted by atomic mass is 10.0. The predicted octanol–water partition coefficient (Wildman–Crippen LogP) is 6.63. The average molecular weight is 351 g/mol. The fourth-order valence-electron chi connectivity index (χ4n) is 3.03. The Morgan fingerprint density at radius 2 is 1.59 bits per heavy atom. The Hall–Kier alpha value is -3.11. The van der Waals surface area contributed by atoms with Crippen molar-refractivity contribution in [2.24, 2.45) is 4.99 Å². The third-order valence-corrected chi connectivity index (χ3v) is 4.51. The average Bonchev–Trinajstić information content (AvgIpc) is 2.71. The van der Waals surface area contributed by atoms with Crippen LogP contribution in [0.5, 0.6) is 0 Å². The van der Waals surface area contributed by atoms with Crippen molar-refractivity contribution in [2.75, 3.05) is 0 Å². The Bertz CT molecular complexity index is 970. The molecule has 1 heteroatoms. The monoisotopic (exact) mass is 351 g/mol. The lowest BCUT2D eigenvalue weighted by Gasteiger charge is -2.10. The predicted molar refractivity (Wildman–Crippen MR) is 116 cm³/mol. The Morgan fingerprint density at radius 1 is 0.889 bits per heavy atom. The van der Waals surface area contributed by atoms with Gasteiger partial charge in [-0.25, -0.2) is 0 Å². The van der Waals surface area contributed by atoms with Crippen LogP contribution in [0.25, 0.3) is 11.1 Å². The van der Waals surface area contributed by atoms with Gasteiger partial charge in [0.2, 0.25) is 0 Å². The second-order valence-corrected chi connectivity index (χ2v) is 6.65. The molecule has 0 bridgehead atoms. The minimum absolute atomic E-state index is 0.126. The standard InChI is InChI=1S/C26H25N/c1-4-5-14-26(25-13-9-10-20(2)19-25)27-21(3)22-15-17-24(18-16-22)23-11-7-6-8-12-23/h6-13,15-19,26H,4H2,1-3H3. The highest BCUT2D eigenvalue weighted by atomic mass is 14.8. The van der Waals surface area contributed by atoms with Gasteiger partial charge < -0.3 is 0 Å². The molecular weight excluding hydrogens is 326 g/mol. The minimum atomic E-state index is -0.126. The van der Waals surface area contributed by atoms with Crippen LogP contribution in [0.3, 0.4) is 0 Å². The Balaban J connectivity index is 1.89. The highest BCUT2D eigenvalue weighted by Crippen LogP contribution is 2.22. The molecule has 0 heterocycles. The molecule has 3 aromatic rings. The number of aryl methyl sites for hydroxylation is 1. The van der Waals surface area contributed by atoms with Crippen molar-refractivity contribution in [3.63, 3.8) is 0 Å². The number of benzene rings is 3. The van der Waals surface area contributed by atoms with Crippen LogP contribution in [-0.2, 0) is 0 Å². The van der Waals surface area contributed by atoms with Crippen LogP contribution >= 0.6 is 0 Å². The normalized spacial score (nSPS) is 12.2. The minimum Gasteiger partial charge on any atom is -0.268 e. The lowest BCUT2D eigenvalue weighted by molar-refractivity contribution is 0.938. The summed E-state index contributed by atoms with van der Waals surface area (Å²) in [5.41, 5.74) is 6.96. The zero-order valence-corrected chi connectivity index (χ0v) is 16.2. The van der Waals surface area contributed by atoms with Crippen molar-refractivity contribution < 1.29 is 0 Å². The summed E-state index contributed by atoms with van der Waals surface area (Å²) in [7, 11) is 0. The van der Waals surface area contributed by atoms with Gasteiger partial charge in [-0.2, -0.15) is 0 Å². The van der Waals surface area contributed by atoms with Gasteiger partial charge in [0.05, 0.1) is 0 Å². The van der Waals surface area contributed by atoms with Crippen molar-refractivity contribution in [3.8, 4) is 23.0 Å². The molecule has 0 aliphatic carbocycles. The maximum absolute atomic E-state index is 4.94. The van der Waals surface area contributed by atoms with E-state index in [1.807, 2.05) is 6.07 Å². The van der Waals surface area contributed by atoms with Crippen LogP contribution in [0.2, 0.25) is 0 Å². The molecule has 0 aliphatic heterocycles. The molecule has 3 rings (SSSR count). The highest BCUT2D eigenvalue weighted by molar-refractivity contribution is 5.99. The van der Waals surface area contributed by atoms with Crippen LogP contribution in [0.1, 0.15) is 43.0 Å². The van der Waals surface area contributed by atoms with E-state index >= 15 is 0 Å². The molecule has 0 amide bonds. The van der Waals surface area contributed by atoms with E-state index in [0.717, 1.165) is 23.3 Å². The van der Waals surface area contributed by atoms with Gasteiger partial charge in [-0.15, -0.1) is 5.92 Å². The maximum Gasteiger partial charge on any atom is 0.136 e. The van der Waals surface area contributed by atoms with Crippen molar-refractivity contribution in [3.05, 3.63) is 95.6 Å². The third kappa shape index (κ3) is 4.96. The first-order chi connectivity index (χ1) is 13.2. The number of hydrogen-bond acceptors (Lipinski definition) is 1. The quantitative estimate of drug-likeness (QED) is 0.370. The molecule has 0 radical (unpaired) electrons. The van der Waals surface area contributed by atoms with E-state index in [1.54, 1.807) is 0 Å². The van der Waals surface area contributed by atoms with Gasteiger partial charge in [-0.1, -0.05) is 97.3 Å². The second kappa shape index (κ2) is 9.01. The summed E-state index contributed by atoms with van der Waals surface area (Å²) < 4.78 is 0. The van der Waals surface area contributed by atoms with Gasteiger partial charge in [0, 0.05) is 12.1 Å². The first-order valence-corrected chi connectivity index (χ1v) is 9.42. The van der Waals surface area contributed by atoms with Gasteiger partial charge in [0.25, 0.3) is 0 Å². The Morgan fingerprint density at radius 3 is 2.26 bits per heavy atom. The zero-order valence-electron chi connectivity index (χ0n) is 16.2. The SMILES string of the molecule is CCC#CC(N=C(C)c1ccc(-c2ccccc2)cc1)c1cccc(C)c1. The van der Waals surface area contributed by atoms with Crippen LogP contribution in [0.4, 0.5) is 0 Å². The molecular formula is C26H25N. The van der Waals surface area contributed by atoms with Crippen LogP contribution in [0.15, 0.2) is 83.9 Å². The maximum atomic E-state index is 4.94. The fraction of sp³-hybridized carbons (Fsp3) is 0.192. The molecule has 0 saturated heterocycles. The molecule has 134 valence electrons. The Labute approximate surface area is 162 Å². The fourth-order valence-corrected chi connectivity index (χ4v) is 3.03. The third-order valence-electron chi connectivity index (χ3n) is 4.51. The molecule has 0 fully saturated rings. The van der Waals surface area contributed by atoms with E-state index in [4.69, 9.17) is 4.99 Å². The van der Waals surface area contributed by atoms with Gasteiger partial charge in [0.1, 0.15) is 6.04 Å². The molecule has 3 aromatic carbocycles. The van der Waals surface area contributed by atoms with Crippen LogP contribution in [0, 0.1) is 18.8 Å². The first-order valence-electron chi connectivity index (χ1n) is 9.42. The van der Waals surface area contributed by atoms with Crippen molar-refractivity contribution in [1.29, 1.82) is 0 Å². The molecule has 0 aromatic heterocycles. The summed E-state index contributed by atoms with van der Waals surface area (Å²) in [5.74, 6) is 6.51. The van der Waals surface area contributed by atoms with Crippen molar-refractivity contribution >= 4 is 5.71 Å². The number of hydrogen-bond donors (Lipinski definition) is 0. The van der Waals surface area contributed by atoms with E-state index in [2.05, 4.69) is 105 Å². The highest BCUT2D eigenvalue weighted by Gasteiger charge is 2.08. The van der Waals surface area contributed by atoms with Gasteiger partial charge in [0.15, 0.2) is 0 Å². The second-order valence-electron chi connectivity index (χ2n) is 6.65. The topological polar surface area (TPSA) is 12.4 Å². The first kappa shape index (κ1) is 18.7. The number of aliphatic imine (C=N–C) groups is 1. The summed E-state index contributed by atoms with van der Waals surface area (Å²) in [6, 6.07) is 27.3. The number of nitrogens with zero attached hydrogens (tertiary/aromatic N) is 1. The molecule has 0 saturated carbocycles. The van der Waals surface area contributed by atoms with Crippen molar-refractivity contribution in [2.45, 2.75) is 33.2 Å². The Kier molecular flexibility index (Phi) is 6.23.